The van der Waals surface area contributed by atoms with Crippen LogP contribution in [0.25, 0.3) is 10.8 Å². The van der Waals surface area contributed by atoms with E-state index in [9.17, 15) is 4.79 Å². The molecule has 2 rings (SSSR count). The van der Waals surface area contributed by atoms with Gasteiger partial charge in [0.05, 0.1) is 0 Å². The van der Waals surface area contributed by atoms with E-state index >= 15 is 0 Å². The molecule has 94 valence electrons. The molecule has 0 amide bonds. The lowest BCUT2D eigenvalue weighted by Gasteiger charge is -2.06. The molecule has 0 atom stereocenters. The summed E-state index contributed by atoms with van der Waals surface area (Å²) in [6, 6.07) is 14.3. The molecule has 0 saturated heterocycles. The summed E-state index contributed by atoms with van der Waals surface area (Å²) in [5, 5.41) is 2.37. The second-order valence-electron chi connectivity index (χ2n) is 4.45. The molecule has 0 N–H and O–H groups in total. The fourth-order valence-corrected chi connectivity index (χ4v) is 2.16. The summed E-state index contributed by atoms with van der Waals surface area (Å²) < 4.78 is 4.96. The van der Waals surface area contributed by atoms with E-state index in [2.05, 4.69) is 18.2 Å². The van der Waals surface area contributed by atoms with Gasteiger partial charge in [-0.25, -0.2) is 0 Å². The molecule has 0 radical (unpaired) electrons. The molecule has 0 spiro atoms. The zero-order valence-electron chi connectivity index (χ0n) is 10.7. The topological polar surface area (TPSA) is 26.3 Å². The Balaban J connectivity index is 2.09. The normalized spacial score (nSPS) is 10.7. The van der Waals surface area contributed by atoms with Crippen LogP contribution in [0.1, 0.15) is 18.4 Å². The first kappa shape index (κ1) is 12.8. The fraction of sp³-hybridized carbons (Fsp3) is 0.312. The third-order valence-corrected chi connectivity index (χ3v) is 3.07. The van der Waals surface area contributed by atoms with Crippen LogP contribution in [0.4, 0.5) is 0 Å². The number of methoxy groups -OCH3 is 1. The molecule has 0 unspecified atom stereocenters. The van der Waals surface area contributed by atoms with Gasteiger partial charge in [-0.2, -0.15) is 0 Å². The summed E-state index contributed by atoms with van der Waals surface area (Å²) in [5.74, 6) is 0.281. The monoisotopic (exact) mass is 242 g/mol. The van der Waals surface area contributed by atoms with Gasteiger partial charge in [0.15, 0.2) is 0 Å². The number of ketones is 1. The van der Waals surface area contributed by atoms with Gasteiger partial charge in [0.1, 0.15) is 5.78 Å². The van der Waals surface area contributed by atoms with Gasteiger partial charge in [0.25, 0.3) is 0 Å². The molecule has 0 heterocycles. The predicted octanol–water partition coefficient (Wildman–Crippen LogP) is 3.38. The van der Waals surface area contributed by atoms with Gasteiger partial charge in [-0.05, 0) is 22.8 Å². The van der Waals surface area contributed by atoms with Crippen LogP contribution in [0, 0.1) is 0 Å². The molecular formula is C16H18O2. The SMILES string of the molecule is COCCCC(=O)Cc1cccc2ccccc12. The number of carbonyl (C=O) groups excluding carboxylic acids is 1. The lowest BCUT2D eigenvalue weighted by atomic mass is 9.99. The molecule has 2 aromatic rings. The lowest BCUT2D eigenvalue weighted by molar-refractivity contribution is -0.118. The van der Waals surface area contributed by atoms with E-state index in [1.165, 1.54) is 10.8 Å². The molecule has 0 aliphatic rings. The Kier molecular flexibility index (Phi) is 4.48. The zero-order valence-corrected chi connectivity index (χ0v) is 10.7. The van der Waals surface area contributed by atoms with Crippen LogP contribution in [-0.2, 0) is 16.0 Å². The average Bonchev–Trinajstić information content (AvgIpc) is 2.39. The van der Waals surface area contributed by atoms with Crippen LogP contribution >= 0.6 is 0 Å². The molecule has 18 heavy (non-hydrogen) atoms. The van der Waals surface area contributed by atoms with Crippen molar-refractivity contribution in [2.45, 2.75) is 19.3 Å². The number of hydrogen-bond donors (Lipinski definition) is 0. The van der Waals surface area contributed by atoms with E-state index in [4.69, 9.17) is 4.74 Å². The van der Waals surface area contributed by atoms with Gasteiger partial charge in [0, 0.05) is 26.6 Å². The summed E-state index contributed by atoms with van der Waals surface area (Å²) in [4.78, 5) is 11.9. The van der Waals surface area contributed by atoms with Gasteiger partial charge in [-0.15, -0.1) is 0 Å². The van der Waals surface area contributed by atoms with E-state index in [0.29, 0.717) is 19.4 Å². The van der Waals surface area contributed by atoms with Crippen LogP contribution in [0.2, 0.25) is 0 Å². The number of ether oxygens (including phenoxy) is 1. The van der Waals surface area contributed by atoms with Crippen molar-refractivity contribution in [3.63, 3.8) is 0 Å². The first-order chi connectivity index (χ1) is 8.81. The van der Waals surface area contributed by atoms with Crippen LogP contribution in [-0.4, -0.2) is 19.5 Å². The van der Waals surface area contributed by atoms with Gasteiger partial charge in [0.2, 0.25) is 0 Å². The summed E-state index contributed by atoms with van der Waals surface area (Å²) in [7, 11) is 1.66. The van der Waals surface area contributed by atoms with Crippen LogP contribution < -0.4 is 0 Å². The van der Waals surface area contributed by atoms with Crippen LogP contribution in [0.3, 0.4) is 0 Å². The van der Waals surface area contributed by atoms with E-state index in [0.717, 1.165) is 12.0 Å². The van der Waals surface area contributed by atoms with E-state index < -0.39 is 0 Å². The van der Waals surface area contributed by atoms with Crippen LogP contribution in [0.15, 0.2) is 42.5 Å². The number of carbonyl (C=O) groups is 1. The Morgan fingerprint density at radius 2 is 1.89 bits per heavy atom. The molecule has 0 aliphatic heterocycles. The molecule has 0 aromatic heterocycles. The van der Waals surface area contributed by atoms with E-state index in [1.54, 1.807) is 7.11 Å². The number of fused-ring (bicyclic) bond motifs is 1. The predicted molar refractivity (Wildman–Crippen MR) is 73.8 cm³/mol. The summed E-state index contributed by atoms with van der Waals surface area (Å²) >= 11 is 0. The highest BCUT2D eigenvalue weighted by Gasteiger charge is 2.06. The van der Waals surface area contributed by atoms with Crippen molar-refractivity contribution < 1.29 is 9.53 Å². The number of benzene rings is 2. The largest absolute Gasteiger partial charge is 0.385 e. The third-order valence-electron chi connectivity index (χ3n) is 3.07. The second kappa shape index (κ2) is 6.31. The minimum absolute atomic E-state index is 0.281. The summed E-state index contributed by atoms with van der Waals surface area (Å²) in [6.45, 7) is 0.654. The molecule has 0 aliphatic carbocycles. The maximum absolute atomic E-state index is 11.9. The van der Waals surface area contributed by atoms with Gasteiger partial charge < -0.3 is 4.74 Å². The van der Waals surface area contributed by atoms with E-state index in [-0.39, 0.29) is 5.78 Å². The summed E-state index contributed by atoms with van der Waals surface area (Å²) in [5.41, 5.74) is 1.12. The Morgan fingerprint density at radius 3 is 2.72 bits per heavy atom. The molecule has 2 aromatic carbocycles. The summed E-state index contributed by atoms with van der Waals surface area (Å²) in [6.07, 6.45) is 1.92. The maximum Gasteiger partial charge on any atom is 0.137 e. The highest BCUT2D eigenvalue weighted by molar-refractivity contribution is 5.90. The van der Waals surface area contributed by atoms with Crippen molar-refractivity contribution in [1.82, 2.24) is 0 Å². The van der Waals surface area contributed by atoms with Crippen molar-refractivity contribution >= 4 is 16.6 Å². The highest BCUT2D eigenvalue weighted by Crippen LogP contribution is 2.19. The standard InChI is InChI=1S/C16H18O2/c1-18-11-5-9-15(17)12-14-8-4-7-13-6-2-3-10-16(13)14/h2-4,6-8,10H,5,9,11-12H2,1H3. The fourth-order valence-electron chi connectivity index (χ4n) is 2.16. The average molecular weight is 242 g/mol. The van der Waals surface area contributed by atoms with Crippen LogP contribution in [0.5, 0.6) is 0 Å². The smallest absolute Gasteiger partial charge is 0.137 e. The minimum atomic E-state index is 0.281. The Labute approximate surface area is 108 Å². The van der Waals surface area contributed by atoms with Crippen molar-refractivity contribution in [3.05, 3.63) is 48.0 Å². The van der Waals surface area contributed by atoms with Gasteiger partial charge >= 0.3 is 0 Å². The molecule has 0 bridgehead atoms. The first-order valence-electron chi connectivity index (χ1n) is 6.28. The van der Waals surface area contributed by atoms with Gasteiger partial charge in [-0.1, -0.05) is 42.5 Å². The number of Topliss-reactive ketones (excluding diaryl/α,β-unsaturated/α-hetero) is 1. The Hall–Kier alpha value is -1.67. The maximum atomic E-state index is 11.9. The third kappa shape index (κ3) is 3.17. The van der Waals surface area contributed by atoms with Gasteiger partial charge in [-0.3, -0.25) is 4.79 Å². The molecule has 2 heteroatoms. The van der Waals surface area contributed by atoms with Crippen molar-refractivity contribution in [2.24, 2.45) is 0 Å². The van der Waals surface area contributed by atoms with E-state index in [1.807, 2.05) is 24.3 Å². The first-order valence-corrected chi connectivity index (χ1v) is 6.28. The minimum Gasteiger partial charge on any atom is -0.385 e. The lowest BCUT2D eigenvalue weighted by Crippen LogP contribution is -2.04. The second-order valence-corrected chi connectivity index (χ2v) is 4.45. The number of hydrogen-bond acceptors (Lipinski definition) is 2. The molecule has 0 fully saturated rings. The Morgan fingerprint density at radius 1 is 1.11 bits per heavy atom. The molecular weight excluding hydrogens is 224 g/mol. The Bertz CT molecular complexity index is 526. The van der Waals surface area contributed by atoms with Crippen molar-refractivity contribution in [1.29, 1.82) is 0 Å². The van der Waals surface area contributed by atoms with Crippen molar-refractivity contribution in [3.8, 4) is 0 Å². The zero-order chi connectivity index (χ0) is 12.8. The molecule has 2 nitrogen and oxygen atoms in total. The number of rotatable bonds is 6. The molecule has 0 saturated carbocycles. The highest BCUT2D eigenvalue weighted by atomic mass is 16.5. The van der Waals surface area contributed by atoms with Crippen molar-refractivity contribution in [2.75, 3.05) is 13.7 Å². The quantitative estimate of drug-likeness (QED) is 0.726.